The van der Waals surface area contributed by atoms with Crippen molar-refractivity contribution < 1.29 is 4.79 Å². The first-order chi connectivity index (χ1) is 8.58. The van der Waals surface area contributed by atoms with Crippen LogP contribution in [-0.2, 0) is 4.79 Å². The van der Waals surface area contributed by atoms with Crippen molar-refractivity contribution in [1.29, 1.82) is 0 Å². The van der Waals surface area contributed by atoms with Crippen LogP contribution in [-0.4, -0.2) is 25.0 Å². The average Bonchev–Trinajstić information content (AvgIpc) is 2.81. The van der Waals surface area contributed by atoms with Gasteiger partial charge in [-0.1, -0.05) is 0 Å². The third-order valence-corrected chi connectivity index (χ3v) is 3.80. The molecule has 0 saturated heterocycles. The largest absolute Gasteiger partial charge is 0.354 e. The van der Waals surface area contributed by atoms with Gasteiger partial charge in [0.2, 0.25) is 5.91 Å². The van der Waals surface area contributed by atoms with Gasteiger partial charge in [0.05, 0.1) is 22.4 Å². The van der Waals surface area contributed by atoms with E-state index in [1.807, 2.05) is 12.1 Å². The van der Waals surface area contributed by atoms with Crippen molar-refractivity contribution in [2.75, 3.05) is 23.7 Å². The van der Waals surface area contributed by atoms with Crippen LogP contribution in [0.5, 0.6) is 0 Å². The van der Waals surface area contributed by atoms with Gasteiger partial charge in [0.15, 0.2) is 5.96 Å². The molecule has 2 rings (SSSR count). The summed E-state index contributed by atoms with van der Waals surface area (Å²) in [5, 5.41) is 9.07. The fourth-order valence-corrected chi connectivity index (χ4v) is 2.79. The van der Waals surface area contributed by atoms with Gasteiger partial charge in [0.25, 0.3) is 0 Å². The maximum Gasteiger partial charge on any atom is 0.221 e. The number of halogens is 2. The molecule has 0 bridgehead atoms. The zero-order chi connectivity index (χ0) is 13.1. The number of amides is 1. The SMILES string of the molecule is CC(=O)Nc1ccc(Br)c(NC2=NCCN2)c1Br. The molecule has 0 radical (unpaired) electrons. The second-order valence-corrected chi connectivity index (χ2v) is 5.39. The number of rotatable bonds is 2. The standard InChI is InChI=1S/C11H12Br2N4O/c1-6(18)16-8-3-2-7(12)10(9(8)13)17-11-14-4-5-15-11/h2-3H,4-5H2,1H3,(H,16,18)(H2,14,15,17). The lowest BCUT2D eigenvalue weighted by molar-refractivity contribution is -0.114. The van der Waals surface area contributed by atoms with E-state index in [2.05, 4.69) is 52.8 Å². The van der Waals surface area contributed by atoms with Crippen molar-refractivity contribution in [3.8, 4) is 0 Å². The molecule has 0 atom stereocenters. The number of carbonyl (C=O) groups excluding carboxylic acids is 1. The van der Waals surface area contributed by atoms with Gasteiger partial charge in [0, 0.05) is 17.9 Å². The number of hydrogen-bond acceptors (Lipinski definition) is 4. The van der Waals surface area contributed by atoms with Crippen LogP contribution in [0.15, 0.2) is 26.1 Å². The first kappa shape index (κ1) is 13.4. The highest BCUT2D eigenvalue weighted by molar-refractivity contribution is 9.11. The molecule has 0 fully saturated rings. The highest BCUT2D eigenvalue weighted by Crippen LogP contribution is 2.36. The first-order valence-corrected chi connectivity index (χ1v) is 6.97. The van der Waals surface area contributed by atoms with Crippen molar-refractivity contribution in [3.05, 3.63) is 21.1 Å². The van der Waals surface area contributed by atoms with Crippen LogP contribution in [0.1, 0.15) is 6.92 Å². The first-order valence-electron chi connectivity index (χ1n) is 5.39. The van der Waals surface area contributed by atoms with Crippen molar-refractivity contribution in [3.63, 3.8) is 0 Å². The van der Waals surface area contributed by atoms with Gasteiger partial charge in [-0.3, -0.25) is 9.79 Å². The van der Waals surface area contributed by atoms with E-state index in [9.17, 15) is 4.79 Å². The van der Waals surface area contributed by atoms with Crippen molar-refractivity contribution >= 4 is 55.1 Å². The summed E-state index contributed by atoms with van der Waals surface area (Å²) in [6.45, 7) is 3.08. The van der Waals surface area contributed by atoms with E-state index in [-0.39, 0.29) is 5.91 Å². The van der Waals surface area contributed by atoms with Gasteiger partial charge < -0.3 is 16.0 Å². The number of guanidine groups is 1. The van der Waals surface area contributed by atoms with Crippen LogP contribution in [0.4, 0.5) is 11.4 Å². The fourth-order valence-electron chi connectivity index (χ4n) is 1.55. The van der Waals surface area contributed by atoms with Crippen molar-refractivity contribution in [1.82, 2.24) is 5.32 Å². The number of carbonyl (C=O) groups is 1. The number of anilines is 2. The minimum absolute atomic E-state index is 0.111. The molecule has 0 spiro atoms. The Balaban J connectivity index is 2.29. The second kappa shape index (κ2) is 5.71. The fraction of sp³-hybridized carbons (Fsp3) is 0.273. The Labute approximate surface area is 122 Å². The minimum Gasteiger partial charge on any atom is -0.354 e. The molecule has 1 amide bonds. The topological polar surface area (TPSA) is 65.5 Å². The molecule has 1 heterocycles. The monoisotopic (exact) mass is 374 g/mol. The summed E-state index contributed by atoms with van der Waals surface area (Å²) in [6, 6.07) is 3.69. The molecule has 0 unspecified atom stereocenters. The molecule has 1 aromatic carbocycles. The Morgan fingerprint density at radius 2 is 2.22 bits per heavy atom. The molecule has 5 nitrogen and oxygen atoms in total. The summed E-state index contributed by atoms with van der Waals surface area (Å²) >= 11 is 6.94. The molecule has 7 heteroatoms. The lowest BCUT2D eigenvalue weighted by atomic mass is 10.2. The lowest BCUT2D eigenvalue weighted by Crippen LogP contribution is -2.26. The molecular formula is C11H12Br2N4O. The van der Waals surface area contributed by atoms with E-state index in [1.165, 1.54) is 6.92 Å². The lowest BCUT2D eigenvalue weighted by Gasteiger charge is -2.14. The summed E-state index contributed by atoms with van der Waals surface area (Å²) in [5.74, 6) is 0.622. The second-order valence-electron chi connectivity index (χ2n) is 3.75. The van der Waals surface area contributed by atoms with Crippen LogP contribution >= 0.6 is 31.9 Å². The zero-order valence-electron chi connectivity index (χ0n) is 9.68. The summed E-state index contributed by atoms with van der Waals surface area (Å²) in [4.78, 5) is 15.4. The highest BCUT2D eigenvalue weighted by Gasteiger charge is 2.14. The summed E-state index contributed by atoms with van der Waals surface area (Å²) in [6.07, 6.45) is 0. The van der Waals surface area contributed by atoms with Gasteiger partial charge in [-0.05, 0) is 44.0 Å². The van der Waals surface area contributed by atoms with Gasteiger partial charge in [0.1, 0.15) is 0 Å². The summed E-state index contributed by atoms with van der Waals surface area (Å²) < 4.78 is 1.67. The Morgan fingerprint density at radius 3 is 2.83 bits per heavy atom. The van der Waals surface area contributed by atoms with Crippen LogP contribution in [0.25, 0.3) is 0 Å². The summed E-state index contributed by atoms with van der Waals surface area (Å²) in [5.41, 5.74) is 1.54. The van der Waals surface area contributed by atoms with Crippen molar-refractivity contribution in [2.45, 2.75) is 6.92 Å². The van der Waals surface area contributed by atoms with Gasteiger partial charge in [-0.25, -0.2) is 0 Å². The van der Waals surface area contributed by atoms with E-state index < -0.39 is 0 Å². The molecule has 1 aliphatic rings. The molecule has 3 N–H and O–H groups in total. The smallest absolute Gasteiger partial charge is 0.221 e. The molecule has 0 saturated carbocycles. The van der Waals surface area contributed by atoms with E-state index in [1.54, 1.807) is 0 Å². The molecular weight excluding hydrogens is 364 g/mol. The zero-order valence-corrected chi connectivity index (χ0v) is 12.9. The predicted molar refractivity (Wildman–Crippen MR) is 80.1 cm³/mol. The molecule has 18 heavy (non-hydrogen) atoms. The van der Waals surface area contributed by atoms with E-state index in [0.29, 0.717) is 5.69 Å². The van der Waals surface area contributed by atoms with Gasteiger partial charge >= 0.3 is 0 Å². The quantitative estimate of drug-likeness (QED) is 0.744. The number of nitrogens with zero attached hydrogens (tertiary/aromatic N) is 1. The molecule has 1 aliphatic heterocycles. The van der Waals surface area contributed by atoms with E-state index >= 15 is 0 Å². The Bertz CT molecular complexity index is 516. The predicted octanol–water partition coefficient (Wildman–Crippen LogP) is 2.54. The number of aliphatic imine (C=N–C) groups is 1. The normalized spacial score (nSPS) is 13.8. The molecule has 0 aliphatic carbocycles. The van der Waals surface area contributed by atoms with E-state index in [4.69, 9.17) is 0 Å². The highest BCUT2D eigenvalue weighted by atomic mass is 79.9. The maximum atomic E-state index is 11.1. The molecule has 1 aromatic rings. The average molecular weight is 376 g/mol. The van der Waals surface area contributed by atoms with Crippen LogP contribution in [0.3, 0.4) is 0 Å². The Hall–Kier alpha value is -1.08. The van der Waals surface area contributed by atoms with Crippen LogP contribution < -0.4 is 16.0 Å². The van der Waals surface area contributed by atoms with Crippen LogP contribution in [0.2, 0.25) is 0 Å². The maximum absolute atomic E-state index is 11.1. The van der Waals surface area contributed by atoms with Crippen LogP contribution in [0, 0.1) is 0 Å². The van der Waals surface area contributed by atoms with E-state index in [0.717, 1.165) is 33.7 Å². The minimum atomic E-state index is -0.111. The molecule has 0 aromatic heterocycles. The number of benzene rings is 1. The third-order valence-electron chi connectivity index (χ3n) is 2.32. The van der Waals surface area contributed by atoms with Gasteiger partial charge in [-0.2, -0.15) is 0 Å². The Morgan fingerprint density at radius 1 is 1.44 bits per heavy atom. The molecule has 96 valence electrons. The Kier molecular flexibility index (Phi) is 4.23. The van der Waals surface area contributed by atoms with Crippen molar-refractivity contribution in [2.24, 2.45) is 4.99 Å². The van der Waals surface area contributed by atoms with Gasteiger partial charge in [-0.15, -0.1) is 0 Å². The number of nitrogens with one attached hydrogen (secondary N) is 3. The third kappa shape index (κ3) is 3.02. The summed E-state index contributed by atoms with van der Waals surface area (Å²) in [7, 11) is 0. The number of hydrogen-bond donors (Lipinski definition) is 3.